The monoisotopic (exact) mass is 501 g/mol. The molecule has 3 radical (unpaired) electrons. The van der Waals surface area contributed by atoms with Crippen LogP contribution >= 0.6 is 0 Å². The number of benzene rings is 1. The molecule has 0 bridgehead atoms. The third kappa shape index (κ3) is 5.91. The van der Waals surface area contributed by atoms with E-state index in [1.165, 1.54) is 32.1 Å². The lowest BCUT2D eigenvalue weighted by molar-refractivity contribution is 0.298. The van der Waals surface area contributed by atoms with Crippen molar-refractivity contribution in [2.24, 2.45) is 5.41 Å². The van der Waals surface area contributed by atoms with Crippen LogP contribution in [0.15, 0.2) is 24.3 Å². The first kappa shape index (κ1) is 29.4. The SMILES string of the molecule is CCCCCCC(C)(C)C[Si](Oc1cccc2c1C(F)C=C2)(C(C)C)C(CC)(CC)C([Si])CC. The van der Waals surface area contributed by atoms with Gasteiger partial charge in [-0.3, -0.25) is 0 Å². The number of rotatable bonds is 15. The van der Waals surface area contributed by atoms with Crippen LogP contribution in [0.4, 0.5) is 4.39 Å². The van der Waals surface area contributed by atoms with Gasteiger partial charge in [-0.15, -0.1) is 0 Å². The summed E-state index contributed by atoms with van der Waals surface area (Å²) in [6.45, 7) is 18.9. The minimum Gasteiger partial charge on any atom is -0.542 e. The van der Waals surface area contributed by atoms with Gasteiger partial charge in [0.1, 0.15) is 11.9 Å². The van der Waals surface area contributed by atoms with Crippen LogP contribution in [-0.2, 0) is 0 Å². The molecule has 0 amide bonds. The third-order valence-electron chi connectivity index (χ3n) is 8.67. The summed E-state index contributed by atoms with van der Waals surface area (Å²) in [5.41, 5.74) is 2.69. The molecule has 191 valence electrons. The second kappa shape index (κ2) is 12.4. The van der Waals surface area contributed by atoms with E-state index < -0.39 is 14.5 Å². The molecule has 0 aliphatic heterocycles. The molecule has 34 heavy (non-hydrogen) atoms. The van der Waals surface area contributed by atoms with Gasteiger partial charge < -0.3 is 4.43 Å². The van der Waals surface area contributed by atoms with E-state index in [9.17, 15) is 0 Å². The zero-order valence-electron chi connectivity index (χ0n) is 23.3. The normalized spacial score (nSPS) is 18.7. The molecule has 1 aliphatic rings. The summed E-state index contributed by atoms with van der Waals surface area (Å²) >= 11 is 0. The van der Waals surface area contributed by atoms with Gasteiger partial charge in [-0.1, -0.05) is 106 Å². The summed E-state index contributed by atoms with van der Waals surface area (Å²) in [5, 5.41) is 0.0636. The molecule has 3 unspecified atom stereocenters. The van der Waals surface area contributed by atoms with Crippen molar-refractivity contribution in [1.29, 1.82) is 0 Å². The fraction of sp³-hybridized carbons (Fsp3) is 0.733. The Hall–Kier alpha value is -0.876. The molecule has 1 aromatic carbocycles. The van der Waals surface area contributed by atoms with Gasteiger partial charge >= 0.3 is 0 Å². The summed E-state index contributed by atoms with van der Waals surface area (Å²) in [4.78, 5) is 0. The number of hydrogen-bond donors (Lipinski definition) is 0. The fourth-order valence-corrected chi connectivity index (χ4v) is 14.4. The maximum atomic E-state index is 15.1. The smallest absolute Gasteiger partial charge is 0.260 e. The Bertz CT molecular complexity index is 799. The molecule has 0 heterocycles. The Labute approximate surface area is 214 Å². The summed E-state index contributed by atoms with van der Waals surface area (Å²) in [6, 6.07) is 7.18. The minimum atomic E-state index is -2.50. The van der Waals surface area contributed by atoms with Gasteiger partial charge in [-0.05, 0) is 64.5 Å². The highest BCUT2D eigenvalue weighted by atomic mass is 28.4. The van der Waals surface area contributed by atoms with Gasteiger partial charge in [0.2, 0.25) is 0 Å². The highest BCUT2D eigenvalue weighted by Crippen LogP contribution is 2.62. The van der Waals surface area contributed by atoms with Crippen LogP contribution in [0.2, 0.25) is 22.2 Å². The van der Waals surface area contributed by atoms with E-state index >= 15 is 4.39 Å². The van der Waals surface area contributed by atoms with Crippen LogP contribution in [0, 0.1) is 5.41 Å². The average molecular weight is 502 g/mol. The van der Waals surface area contributed by atoms with Gasteiger partial charge in [0.15, 0.2) is 0 Å². The molecule has 0 saturated carbocycles. The average Bonchev–Trinajstić information content (AvgIpc) is 3.19. The van der Waals surface area contributed by atoms with Crippen molar-refractivity contribution < 1.29 is 8.82 Å². The topological polar surface area (TPSA) is 9.23 Å². The van der Waals surface area contributed by atoms with Gasteiger partial charge in [0, 0.05) is 15.8 Å². The van der Waals surface area contributed by atoms with Crippen LogP contribution in [0.5, 0.6) is 5.75 Å². The Morgan fingerprint density at radius 3 is 2.29 bits per heavy atom. The zero-order chi connectivity index (χ0) is 25.6. The second-order valence-electron chi connectivity index (χ2n) is 11.6. The van der Waals surface area contributed by atoms with Crippen molar-refractivity contribution in [3.63, 3.8) is 0 Å². The standard InChI is InChI=1S/C30H50FOSi2/c1-9-13-14-15-21-29(7,8)22-34(23(5)6,30(11-3,12-4)27(33)10-2)32-26-18-16-17-24-19-20-25(31)28(24)26/h16-20,23,25,27H,9-15,21-22H2,1-8H3. The molecular weight excluding hydrogens is 451 g/mol. The quantitative estimate of drug-likeness (QED) is 0.171. The second-order valence-corrected chi connectivity index (χ2v) is 16.8. The lowest BCUT2D eigenvalue weighted by Crippen LogP contribution is -2.59. The number of unbranched alkanes of at least 4 members (excludes halogenated alkanes) is 3. The molecule has 0 aromatic heterocycles. The minimum absolute atomic E-state index is 0.0636. The van der Waals surface area contributed by atoms with Crippen molar-refractivity contribution in [2.45, 2.75) is 135 Å². The maximum absolute atomic E-state index is 15.1. The Balaban J connectivity index is 2.63. The Kier molecular flexibility index (Phi) is 10.7. The van der Waals surface area contributed by atoms with E-state index in [0.717, 1.165) is 42.2 Å². The maximum Gasteiger partial charge on any atom is 0.260 e. The zero-order valence-corrected chi connectivity index (χ0v) is 25.3. The largest absolute Gasteiger partial charge is 0.542 e. The van der Waals surface area contributed by atoms with Crippen molar-refractivity contribution in [3.8, 4) is 5.75 Å². The van der Waals surface area contributed by atoms with Crippen LogP contribution in [-0.4, -0.2) is 18.6 Å². The van der Waals surface area contributed by atoms with Gasteiger partial charge in [-0.25, -0.2) is 4.39 Å². The first-order chi connectivity index (χ1) is 16.0. The number of fused-ring (bicyclic) bond motifs is 1. The predicted molar refractivity (Wildman–Crippen MR) is 151 cm³/mol. The molecule has 0 saturated heterocycles. The number of hydrogen-bond acceptors (Lipinski definition) is 1. The van der Waals surface area contributed by atoms with E-state index in [-0.39, 0.29) is 10.5 Å². The van der Waals surface area contributed by atoms with Crippen LogP contribution in [0.3, 0.4) is 0 Å². The number of halogens is 1. The number of allylic oxidation sites excluding steroid dienone is 1. The summed E-state index contributed by atoms with van der Waals surface area (Å²) in [7, 11) is 1.73. The molecule has 1 aromatic rings. The predicted octanol–water partition coefficient (Wildman–Crippen LogP) is 10.4. The summed E-state index contributed by atoms with van der Waals surface area (Å²) < 4.78 is 22.5. The summed E-state index contributed by atoms with van der Waals surface area (Å²) in [5.74, 6) is 0.790. The van der Waals surface area contributed by atoms with Crippen LogP contribution < -0.4 is 4.43 Å². The van der Waals surface area contributed by atoms with Crippen LogP contribution in [0.25, 0.3) is 6.08 Å². The third-order valence-corrected chi connectivity index (χ3v) is 16.6. The van der Waals surface area contributed by atoms with Gasteiger partial charge in [0.05, 0.1) is 0 Å². The van der Waals surface area contributed by atoms with E-state index in [2.05, 4.69) is 65.6 Å². The van der Waals surface area contributed by atoms with Gasteiger partial charge in [0.25, 0.3) is 8.32 Å². The van der Waals surface area contributed by atoms with Crippen molar-refractivity contribution in [2.75, 3.05) is 0 Å². The number of alkyl halides is 1. The molecule has 0 spiro atoms. The van der Waals surface area contributed by atoms with E-state index in [1.54, 1.807) is 6.08 Å². The molecule has 3 atom stereocenters. The molecule has 0 N–H and O–H groups in total. The molecule has 2 rings (SSSR count). The summed E-state index contributed by atoms with van der Waals surface area (Å²) in [6.07, 6.45) is 12.1. The molecule has 1 nitrogen and oxygen atoms in total. The van der Waals surface area contributed by atoms with E-state index in [1.807, 2.05) is 24.3 Å². The molecular formula is C30H50FOSi2. The van der Waals surface area contributed by atoms with E-state index in [4.69, 9.17) is 4.43 Å². The lowest BCUT2D eigenvalue weighted by Gasteiger charge is -2.56. The van der Waals surface area contributed by atoms with Crippen LogP contribution in [0.1, 0.15) is 124 Å². The highest BCUT2D eigenvalue weighted by molar-refractivity contribution is 6.79. The van der Waals surface area contributed by atoms with Gasteiger partial charge in [-0.2, -0.15) is 0 Å². The first-order valence-corrected chi connectivity index (χ1v) is 16.7. The first-order valence-electron chi connectivity index (χ1n) is 13.9. The lowest BCUT2D eigenvalue weighted by atomic mass is 9.89. The van der Waals surface area contributed by atoms with Crippen molar-refractivity contribution >= 4 is 24.6 Å². The van der Waals surface area contributed by atoms with Crippen molar-refractivity contribution in [3.05, 3.63) is 35.4 Å². The highest BCUT2D eigenvalue weighted by Gasteiger charge is 2.60. The Morgan fingerprint density at radius 1 is 1.06 bits per heavy atom. The fourth-order valence-electron chi connectivity index (χ4n) is 6.64. The molecule has 1 aliphatic carbocycles. The Morgan fingerprint density at radius 2 is 1.74 bits per heavy atom. The van der Waals surface area contributed by atoms with E-state index in [0.29, 0.717) is 11.1 Å². The molecule has 4 heteroatoms. The molecule has 0 fully saturated rings. The van der Waals surface area contributed by atoms with Crippen molar-refractivity contribution in [1.82, 2.24) is 0 Å².